The van der Waals surface area contributed by atoms with Crippen molar-refractivity contribution in [2.45, 2.75) is 97.7 Å². The summed E-state index contributed by atoms with van der Waals surface area (Å²) >= 11 is 0. The smallest absolute Gasteiger partial charge is 0.302 e. The molecule has 0 aliphatic heterocycles. The molecule has 1 spiro atoms. The first kappa shape index (κ1) is 21.1. The lowest BCUT2D eigenvalue weighted by atomic mass is 9.40. The Balaban J connectivity index is 1.68. The van der Waals surface area contributed by atoms with Gasteiger partial charge in [-0.3, -0.25) is 9.59 Å². The minimum Gasteiger partial charge on any atom is -0.465 e. The van der Waals surface area contributed by atoms with Crippen LogP contribution in [-0.2, 0) is 19.1 Å². The minimum absolute atomic E-state index is 0.120. The molecule has 0 aromatic rings. The lowest BCUT2D eigenvalue weighted by molar-refractivity contribution is -0.214. The van der Waals surface area contributed by atoms with Crippen LogP contribution in [0.5, 0.6) is 0 Å². The summed E-state index contributed by atoms with van der Waals surface area (Å²) in [6.45, 7) is 9.88. The second kappa shape index (κ2) is 6.70. The van der Waals surface area contributed by atoms with E-state index in [1.165, 1.54) is 20.3 Å². The molecular weight excluding hydrogens is 368 g/mol. The van der Waals surface area contributed by atoms with Gasteiger partial charge in [-0.05, 0) is 86.9 Å². The molecular formula is C24H38O5. The molecule has 0 heterocycles. The normalized spacial score (nSPS) is 51.0. The van der Waals surface area contributed by atoms with Crippen molar-refractivity contribution in [2.75, 3.05) is 6.61 Å². The molecule has 4 rings (SSSR count). The summed E-state index contributed by atoms with van der Waals surface area (Å²) in [7, 11) is 0. The van der Waals surface area contributed by atoms with Crippen molar-refractivity contribution in [3.63, 3.8) is 0 Å². The van der Waals surface area contributed by atoms with E-state index in [4.69, 9.17) is 9.47 Å². The molecule has 0 saturated heterocycles. The van der Waals surface area contributed by atoms with Gasteiger partial charge in [-0.15, -0.1) is 0 Å². The lowest BCUT2D eigenvalue weighted by Gasteiger charge is -2.65. The molecule has 2 bridgehead atoms. The van der Waals surface area contributed by atoms with E-state index >= 15 is 0 Å². The first-order chi connectivity index (χ1) is 13.4. The molecule has 4 aliphatic carbocycles. The first-order valence-electron chi connectivity index (χ1n) is 11.5. The fourth-order valence-corrected chi connectivity index (χ4v) is 8.66. The Bertz CT molecular complexity index is 701. The topological polar surface area (TPSA) is 72.8 Å². The van der Waals surface area contributed by atoms with Gasteiger partial charge in [0.15, 0.2) is 0 Å². The Morgan fingerprint density at radius 2 is 1.69 bits per heavy atom. The van der Waals surface area contributed by atoms with Gasteiger partial charge in [0.05, 0.1) is 5.60 Å². The Hall–Kier alpha value is -1.10. The number of hydrogen-bond donors (Lipinski definition) is 1. The van der Waals surface area contributed by atoms with Crippen LogP contribution in [0.15, 0.2) is 0 Å². The molecule has 0 aromatic carbocycles. The highest BCUT2D eigenvalue weighted by Crippen LogP contribution is 2.73. The van der Waals surface area contributed by atoms with Crippen LogP contribution in [0, 0.1) is 34.0 Å². The van der Waals surface area contributed by atoms with Crippen LogP contribution in [0.3, 0.4) is 0 Å². The molecule has 4 saturated carbocycles. The van der Waals surface area contributed by atoms with Crippen LogP contribution in [0.4, 0.5) is 0 Å². The van der Waals surface area contributed by atoms with E-state index in [-0.39, 0.29) is 34.3 Å². The number of carbonyl (C=O) groups is 2. The number of ether oxygens (including phenoxy) is 2. The quantitative estimate of drug-likeness (QED) is 0.709. The van der Waals surface area contributed by atoms with Gasteiger partial charge in [0.1, 0.15) is 12.7 Å². The molecule has 5 nitrogen and oxygen atoms in total. The van der Waals surface area contributed by atoms with Gasteiger partial charge >= 0.3 is 11.9 Å². The summed E-state index contributed by atoms with van der Waals surface area (Å²) in [6.07, 6.45) is 8.16. The number of rotatable bonds is 3. The first-order valence-corrected chi connectivity index (χ1v) is 11.5. The summed E-state index contributed by atoms with van der Waals surface area (Å²) in [6, 6.07) is 0. The van der Waals surface area contributed by atoms with Crippen molar-refractivity contribution in [2.24, 2.45) is 34.0 Å². The SMILES string of the molecule is CC(=O)OC[C@]1(C)C(OC(C)=O)CC[C@@]2(C)[C@H]1CC[C@]13C[C@H](CC[C@@H]12)[C@@](C)(O)C3. The average molecular weight is 407 g/mol. The molecule has 29 heavy (non-hydrogen) atoms. The molecule has 164 valence electrons. The van der Waals surface area contributed by atoms with Gasteiger partial charge in [0, 0.05) is 19.3 Å². The number of fused-ring (bicyclic) bond motifs is 3. The summed E-state index contributed by atoms with van der Waals surface area (Å²) in [5.41, 5.74) is -0.540. The van der Waals surface area contributed by atoms with Gasteiger partial charge in [0.2, 0.25) is 0 Å². The van der Waals surface area contributed by atoms with Crippen LogP contribution >= 0.6 is 0 Å². The van der Waals surface area contributed by atoms with Crippen molar-refractivity contribution >= 4 is 11.9 Å². The van der Waals surface area contributed by atoms with Gasteiger partial charge in [-0.2, -0.15) is 0 Å². The molecule has 4 fully saturated rings. The zero-order valence-corrected chi connectivity index (χ0v) is 18.8. The number of carbonyl (C=O) groups excluding carboxylic acids is 2. The van der Waals surface area contributed by atoms with Crippen molar-refractivity contribution in [3.8, 4) is 0 Å². The van der Waals surface area contributed by atoms with Gasteiger partial charge in [-0.1, -0.05) is 13.8 Å². The van der Waals surface area contributed by atoms with Crippen molar-refractivity contribution < 1.29 is 24.2 Å². The zero-order valence-electron chi connectivity index (χ0n) is 18.8. The second-order valence-electron chi connectivity index (χ2n) is 11.4. The van der Waals surface area contributed by atoms with Crippen molar-refractivity contribution in [1.29, 1.82) is 0 Å². The van der Waals surface area contributed by atoms with E-state index < -0.39 is 5.60 Å². The molecule has 0 radical (unpaired) electrons. The van der Waals surface area contributed by atoms with Gasteiger partial charge < -0.3 is 14.6 Å². The molecule has 5 heteroatoms. The van der Waals surface area contributed by atoms with Gasteiger partial charge in [-0.25, -0.2) is 0 Å². The van der Waals surface area contributed by atoms with Crippen LogP contribution < -0.4 is 0 Å². The average Bonchev–Trinajstić information content (AvgIpc) is 2.80. The van der Waals surface area contributed by atoms with Crippen molar-refractivity contribution in [3.05, 3.63) is 0 Å². The third-order valence-electron chi connectivity index (χ3n) is 9.68. The van der Waals surface area contributed by atoms with Crippen LogP contribution in [0.2, 0.25) is 0 Å². The minimum atomic E-state index is -0.534. The summed E-state index contributed by atoms with van der Waals surface area (Å²) in [5.74, 6) is 0.815. The third-order valence-corrected chi connectivity index (χ3v) is 9.68. The fourth-order valence-electron chi connectivity index (χ4n) is 8.66. The fraction of sp³-hybridized carbons (Fsp3) is 0.917. The predicted octanol–water partition coefficient (Wildman–Crippen LogP) is 4.26. The Kier molecular flexibility index (Phi) is 4.88. The summed E-state index contributed by atoms with van der Waals surface area (Å²) < 4.78 is 11.3. The zero-order chi connectivity index (χ0) is 21.2. The maximum absolute atomic E-state index is 11.8. The second-order valence-corrected chi connectivity index (χ2v) is 11.4. The van der Waals surface area contributed by atoms with E-state index in [9.17, 15) is 14.7 Å². The molecule has 1 N–H and O–H groups in total. The molecule has 4 aliphatic rings. The van der Waals surface area contributed by atoms with Crippen LogP contribution in [0.25, 0.3) is 0 Å². The number of hydrogen-bond acceptors (Lipinski definition) is 5. The summed E-state index contributed by atoms with van der Waals surface area (Å²) in [5, 5.41) is 11.1. The molecule has 0 aromatic heterocycles. The van der Waals surface area contributed by atoms with E-state index in [1.54, 1.807) is 0 Å². The Morgan fingerprint density at radius 3 is 2.34 bits per heavy atom. The third kappa shape index (κ3) is 3.14. The monoisotopic (exact) mass is 406 g/mol. The van der Waals surface area contributed by atoms with Gasteiger partial charge in [0.25, 0.3) is 0 Å². The predicted molar refractivity (Wildman–Crippen MR) is 109 cm³/mol. The number of esters is 2. The molecule has 1 unspecified atom stereocenters. The molecule has 8 atom stereocenters. The number of aliphatic hydroxyl groups is 1. The van der Waals surface area contributed by atoms with Crippen molar-refractivity contribution in [1.82, 2.24) is 0 Å². The maximum Gasteiger partial charge on any atom is 0.302 e. The van der Waals surface area contributed by atoms with E-state index in [2.05, 4.69) is 13.8 Å². The van der Waals surface area contributed by atoms with Crippen LogP contribution in [0.1, 0.15) is 86.0 Å². The highest BCUT2D eigenvalue weighted by Gasteiger charge is 2.68. The largest absolute Gasteiger partial charge is 0.465 e. The highest BCUT2D eigenvalue weighted by molar-refractivity contribution is 5.66. The maximum atomic E-state index is 11.8. The van der Waals surface area contributed by atoms with E-state index in [1.807, 2.05) is 6.92 Å². The van der Waals surface area contributed by atoms with E-state index in [0.717, 1.165) is 44.9 Å². The highest BCUT2D eigenvalue weighted by atomic mass is 16.6. The lowest BCUT2D eigenvalue weighted by Crippen LogP contribution is -2.62. The molecule has 0 amide bonds. The summed E-state index contributed by atoms with van der Waals surface area (Å²) in [4.78, 5) is 23.5. The van der Waals surface area contributed by atoms with E-state index in [0.29, 0.717) is 24.4 Å². The Labute approximate surface area is 174 Å². The van der Waals surface area contributed by atoms with Crippen LogP contribution in [-0.4, -0.2) is 35.4 Å². The standard InChI is InChI=1S/C24H38O5/c1-15(25)28-14-22(4)18-8-11-24-12-17(23(5,27)13-24)6-7-19(24)21(18,3)10-9-20(22)29-16(2)26/h17-20,27H,6-14H2,1-5H3/t17-,18+,19+,20?,21-,22-,23-,24+/m0/s1. The Morgan fingerprint density at radius 1 is 0.966 bits per heavy atom.